The lowest BCUT2D eigenvalue weighted by molar-refractivity contribution is -0.132. The van der Waals surface area contributed by atoms with Crippen LogP contribution < -0.4 is 9.64 Å². The van der Waals surface area contributed by atoms with Gasteiger partial charge >= 0.3 is 0 Å². The highest BCUT2D eigenvalue weighted by atomic mass is 35.5. The summed E-state index contributed by atoms with van der Waals surface area (Å²) < 4.78 is 19.2. The van der Waals surface area contributed by atoms with E-state index in [2.05, 4.69) is 0 Å². The molecule has 1 atom stereocenters. The van der Waals surface area contributed by atoms with Crippen molar-refractivity contribution in [2.75, 3.05) is 12.0 Å². The Kier molecular flexibility index (Phi) is 5.91. The number of benzene rings is 3. The predicted octanol–water partition coefficient (Wildman–Crippen LogP) is 5.77. The summed E-state index contributed by atoms with van der Waals surface area (Å²) in [5, 5.41) is 11.5. The van der Waals surface area contributed by atoms with Gasteiger partial charge in [-0.2, -0.15) is 0 Å². The summed E-state index contributed by atoms with van der Waals surface area (Å²) in [6, 6.07) is 15.4. The van der Waals surface area contributed by atoms with Crippen LogP contribution in [0, 0.1) is 5.82 Å². The number of Topliss-reactive ketones (excluding diaryl/α,β-unsaturated/α-hetero) is 1. The number of aliphatic hydroxyl groups is 1. The highest BCUT2D eigenvalue weighted by Crippen LogP contribution is 2.43. The lowest BCUT2D eigenvalue weighted by Gasteiger charge is -2.25. The first kappa shape index (κ1) is 21.9. The molecular formula is C24H16Cl2FNO4. The van der Waals surface area contributed by atoms with Crippen LogP contribution in [0.3, 0.4) is 0 Å². The van der Waals surface area contributed by atoms with Crippen LogP contribution in [0.25, 0.3) is 5.76 Å². The third-order valence-corrected chi connectivity index (χ3v) is 5.87. The number of anilines is 1. The van der Waals surface area contributed by atoms with Gasteiger partial charge < -0.3 is 9.84 Å². The van der Waals surface area contributed by atoms with E-state index in [1.165, 1.54) is 43.5 Å². The number of amides is 1. The summed E-state index contributed by atoms with van der Waals surface area (Å²) in [4.78, 5) is 27.3. The van der Waals surface area contributed by atoms with Gasteiger partial charge in [0.05, 0.1) is 28.8 Å². The van der Waals surface area contributed by atoms with Crippen LogP contribution in [-0.2, 0) is 9.59 Å². The third-order valence-electron chi connectivity index (χ3n) is 5.13. The van der Waals surface area contributed by atoms with E-state index in [4.69, 9.17) is 27.9 Å². The van der Waals surface area contributed by atoms with Gasteiger partial charge in [-0.25, -0.2) is 4.39 Å². The number of ketones is 1. The van der Waals surface area contributed by atoms with Crippen molar-refractivity contribution in [2.24, 2.45) is 0 Å². The minimum absolute atomic E-state index is 0.161. The highest BCUT2D eigenvalue weighted by Gasteiger charge is 2.47. The van der Waals surface area contributed by atoms with Crippen molar-refractivity contribution < 1.29 is 23.8 Å². The molecule has 4 rings (SSSR count). The predicted molar refractivity (Wildman–Crippen MR) is 121 cm³/mol. The second-order valence-electron chi connectivity index (χ2n) is 7.05. The van der Waals surface area contributed by atoms with Crippen LogP contribution in [0.15, 0.2) is 72.3 Å². The van der Waals surface area contributed by atoms with Crippen molar-refractivity contribution in [3.8, 4) is 5.75 Å². The molecule has 32 heavy (non-hydrogen) atoms. The van der Waals surface area contributed by atoms with Crippen molar-refractivity contribution in [2.45, 2.75) is 6.04 Å². The second-order valence-corrected chi connectivity index (χ2v) is 7.87. The number of rotatable bonds is 4. The Morgan fingerprint density at radius 1 is 1.00 bits per heavy atom. The fraction of sp³-hybridized carbons (Fsp3) is 0.0833. The Morgan fingerprint density at radius 3 is 2.44 bits per heavy atom. The molecule has 3 aromatic rings. The first-order chi connectivity index (χ1) is 15.3. The summed E-state index contributed by atoms with van der Waals surface area (Å²) in [5.41, 5.74) is 0.720. The molecule has 1 unspecified atom stereocenters. The first-order valence-corrected chi connectivity index (χ1v) is 10.2. The van der Waals surface area contributed by atoms with E-state index in [1.54, 1.807) is 24.3 Å². The molecule has 1 saturated heterocycles. The molecule has 0 spiro atoms. The Morgan fingerprint density at radius 2 is 1.75 bits per heavy atom. The molecule has 1 aliphatic rings. The number of ether oxygens (including phenoxy) is 1. The number of carbonyl (C=O) groups excluding carboxylic acids is 2. The fourth-order valence-electron chi connectivity index (χ4n) is 3.65. The monoisotopic (exact) mass is 471 g/mol. The van der Waals surface area contributed by atoms with E-state index in [1.807, 2.05) is 0 Å². The standard InChI is InChI=1S/C24H16Cl2FNO4/c1-32-17-7-2-4-13(10-17)21-20(22(29)14-8-9-18(25)19(26)11-14)23(30)24(31)28(21)16-6-3-5-15(27)12-16/h2-12,21,29H,1H3/b22-20+. The summed E-state index contributed by atoms with van der Waals surface area (Å²) in [6.45, 7) is 0. The van der Waals surface area contributed by atoms with Gasteiger partial charge in [0.15, 0.2) is 0 Å². The molecule has 5 nitrogen and oxygen atoms in total. The number of hydrogen-bond donors (Lipinski definition) is 1. The van der Waals surface area contributed by atoms with Crippen molar-refractivity contribution in [1.29, 1.82) is 0 Å². The van der Waals surface area contributed by atoms with E-state index in [-0.39, 0.29) is 26.9 Å². The molecule has 1 fully saturated rings. The maximum Gasteiger partial charge on any atom is 0.300 e. The Hall–Kier alpha value is -3.35. The number of carbonyl (C=O) groups is 2. The second kappa shape index (κ2) is 8.65. The molecule has 1 N–H and O–H groups in total. The summed E-state index contributed by atoms with van der Waals surface area (Å²) >= 11 is 12.0. The zero-order chi connectivity index (χ0) is 23.0. The van der Waals surface area contributed by atoms with E-state index in [0.29, 0.717) is 11.3 Å². The SMILES string of the molecule is COc1cccc(C2/C(=C(\O)c3ccc(Cl)c(Cl)c3)C(=O)C(=O)N2c2cccc(F)c2)c1. The van der Waals surface area contributed by atoms with E-state index >= 15 is 0 Å². The van der Waals surface area contributed by atoms with Crippen LogP contribution in [0.4, 0.5) is 10.1 Å². The van der Waals surface area contributed by atoms with E-state index in [0.717, 1.165) is 11.0 Å². The molecule has 0 bridgehead atoms. The van der Waals surface area contributed by atoms with Gasteiger partial charge in [-0.15, -0.1) is 0 Å². The first-order valence-electron chi connectivity index (χ1n) is 9.47. The molecule has 0 aliphatic carbocycles. The smallest absolute Gasteiger partial charge is 0.300 e. The molecule has 0 aromatic heterocycles. The quantitative estimate of drug-likeness (QED) is 0.298. The van der Waals surface area contributed by atoms with Crippen molar-refractivity contribution in [1.82, 2.24) is 0 Å². The highest BCUT2D eigenvalue weighted by molar-refractivity contribution is 6.51. The van der Waals surface area contributed by atoms with Crippen LogP contribution in [0.5, 0.6) is 5.75 Å². The summed E-state index contributed by atoms with van der Waals surface area (Å²) in [7, 11) is 1.48. The van der Waals surface area contributed by atoms with Crippen LogP contribution in [-0.4, -0.2) is 23.9 Å². The van der Waals surface area contributed by atoms with Gasteiger partial charge in [-0.3, -0.25) is 14.5 Å². The number of aliphatic hydroxyl groups excluding tert-OH is 1. The van der Waals surface area contributed by atoms with Gasteiger partial charge in [0.2, 0.25) is 0 Å². The maximum absolute atomic E-state index is 14.0. The van der Waals surface area contributed by atoms with Crippen molar-refractivity contribution in [3.05, 3.63) is 99.3 Å². The zero-order valence-electron chi connectivity index (χ0n) is 16.7. The molecule has 8 heteroatoms. The average Bonchev–Trinajstić information content (AvgIpc) is 3.06. The average molecular weight is 472 g/mol. The topological polar surface area (TPSA) is 66.8 Å². The number of methoxy groups -OCH3 is 1. The summed E-state index contributed by atoms with van der Waals surface area (Å²) in [5.74, 6) is -2.32. The van der Waals surface area contributed by atoms with Crippen LogP contribution in [0.2, 0.25) is 10.0 Å². The van der Waals surface area contributed by atoms with Crippen LogP contribution >= 0.6 is 23.2 Å². The van der Waals surface area contributed by atoms with Gasteiger partial charge in [0.1, 0.15) is 17.3 Å². The molecule has 0 saturated carbocycles. The van der Waals surface area contributed by atoms with E-state index in [9.17, 15) is 19.1 Å². The molecule has 0 radical (unpaired) electrons. The van der Waals surface area contributed by atoms with Gasteiger partial charge in [-0.1, -0.05) is 41.4 Å². The lowest BCUT2D eigenvalue weighted by Crippen LogP contribution is -2.29. The fourth-order valence-corrected chi connectivity index (χ4v) is 3.95. The van der Waals surface area contributed by atoms with E-state index < -0.39 is 29.3 Å². The zero-order valence-corrected chi connectivity index (χ0v) is 18.2. The lowest BCUT2D eigenvalue weighted by atomic mass is 9.95. The Bertz CT molecular complexity index is 1270. The molecular weight excluding hydrogens is 456 g/mol. The third kappa shape index (κ3) is 3.83. The summed E-state index contributed by atoms with van der Waals surface area (Å²) in [6.07, 6.45) is 0. The largest absolute Gasteiger partial charge is 0.507 e. The molecule has 1 heterocycles. The minimum atomic E-state index is -1.03. The number of halogens is 3. The van der Waals surface area contributed by atoms with Crippen molar-refractivity contribution >= 4 is 46.3 Å². The molecule has 3 aromatic carbocycles. The molecule has 1 amide bonds. The Labute approximate surface area is 193 Å². The Balaban J connectivity index is 1.97. The molecule has 162 valence electrons. The van der Waals surface area contributed by atoms with Gasteiger partial charge in [-0.05, 0) is 54.1 Å². The van der Waals surface area contributed by atoms with Crippen molar-refractivity contribution in [3.63, 3.8) is 0 Å². The van der Waals surface area contributed by atoms with Crippen LogP contribution in [0.1, 0.15) is 17.2 Å². The van der Waals surface area contributed by atoms with Gasteiger partial charge in [0, 0.05) is 11.3 Å². The maximum atomic E-state index is 14.0. The molecule has 1 aliphatic heterocycles. The normalized spacial score (nSPS) is 17.6. The number of nitrogens with zero attached hydrogens (tertiary/aromatic N) is 1. The van der Waals surface area contributed by atoms with Gasteiger partial charge in [0.25, 0.3) is 11.7 Å². The number of hydrogen-bond acceptors (Lipinski definition) is 4. The minimum Gasteiger partial charge on any atom is -0.507 e.